The van der Waals surface area contributed by atoms with Crippen molar-refractivity contribution in [3.05, 3.63) is 60.2 Å². The summed E-state index contributed by atoms with van der Waals surface area (Å²) in [7, 11) is -1.31. The first-order valence-corrected chi connectivity index (χ1v) is 9.05. The van der Waals surface area contributed by atoms with Crippen molar-refractivity contribution in [2.45, 2.75) is 11.8 Å². The molecule has 0 aliphatic rings. The molecule has 0 bridgehead atoms. The standard InChI is InChI=1S/C18H19NO4S/c1-3-19(14-9-5-4-6-10-14)17(20)13-23-18(21)15-11-7-8-12-16(15)24(2)22/h4-12H,3,13H2,1-2H3/t24-/m0/s1. The van der Waals surface area contributed by atoms with Crippen LogP contribution in [0, 0.1) is 0 Å². The minimum absolute atomic E-state index is 0.217. The molecule has 0 radical (unpaired) electrons. The number of likely N-dealkylation sites (N-methyl/N-ethyl adjacent to an activating group) is 1. The Labute approximate surface area is 143 Å². The predicted molar refractivity (Wildman–Crippen MR) is 93.5 cm³/mol. The first-order chi connectivity index (χ1) is 11.5. The number of carbonyl (C=O) groups excluding carboxylic acids is 2. The quantitative estimate of drug-likeness (QED) is 0.755. The van der Waals surface area contributed by atoms with E-state index in [-0.39, 0.29) is 18.1 Å². The molecular weight excluding hydrogens is 326 g/mol. The van der Waals surface area contributed by atoms with E-state index in [2.05, 4.69) is 0 Å². The van der Waals surface area contributed by atoms with Gasteiger partial charge in [-0.2, -0.15) is 0 Å². The third-order valence-electron chi connectivity index (χ3n) is 3.43. The van der Waals surface area contributed by atoms with Crippen LogP contribution in [0.5, 0.6) is 0 Å². The maximum atomic E-state index is 12.3. The number of benzene rings is 2. The summed E-state index contributed by atoms with van der Waals surface area (Å²) in [5.74, 6) is -0.967. The van der Waals surface area contributed by atoms with E-state index in [9.17, 15) is 13.8 Å². The van der Waals surface area contributed by atoms with Crippen LogP contribution in [0.3, 0.4) is 0 Å². The fourth-order valence-electron chi connectivity index (χ4n) is 2.28. The van der Waals surface area contributed by atoms with E-state index in [1.165, 1.54) is 11.2 Å². The highest BCUT2D eigenvalue weighted by Gasteiger charge is 2.19. The molecule has 0 aliphatic heterocycles. The number of rotatable bonds is 6. The molecule has 24 heavy (non-hydrogen) atoms. The molecule has 0 saturated carbocycles. The summed E-state index contributed by atoms with van der Waals surface area (Å²) in [4.78, 5) is 26.4. The highest BCUT2D eigenvalue weighted by Crippen LogP contribution is 2.15. The van der Waals surface area contributed by atoms with Gasteiger partial charge in [0.15, 0.2) is 6.61 Å². The number of hydrogen-bond donors (Lipinski definition) is 0. The second kappa shape index (κ2) is 8.40. The molecule has 2 aromatic rings. The minimum Gasteiger partial charge on any atom is -0.452 e. The van der Waals surface area contributed by atoms with Crippen molar-refractivity contribution in [3.63, 3.8) is 0 Å². The maximum absolute atomic E-state index is 12.3. The van der Waals surface area contributed by atoms with Gasteiger partial charge in [0.25, 0.3) is 5.91 Å². The Morgan fingerprint density at radius 2 is 1.67 bits per heavy atom. The molecule has 0 fully saturated rings. The molecule has 0 unspecified atom stereocenters. The highest BCUT2D eigenvalue weighted by molar-refractivity contribution is 7.84. The van der Waals surface area contributed by atoms with E-state index >= 15 is 0 Å². The van der Waals surface area contributed by atoms with Gasteiger partial charge < -0.3 is 9.64 Å². The molecule has 0 aliphatic carbocycles. The first kappa shape index (κ1) is 17.9. The van der Waals surface area contributed by atoms with Crippen LogP contribution in [-0.2, 0) is 20.3 Å². The summed E-state index contributed by atoms with van der Waals surface area (Å²) in [6, 6.07) is 15.7. The third-order valence-corrected chi connectivity index (χ3v) is 4.40. The van der Waals surface area contributed by atoms with Crippen LogP contribution in [0.1, 0.15) is 17.3 Å². The molecule has 2 aromatic carbocycles. The molecule has 1 atom stereocenters. The molecule has 126 valence electrons. The SMILES string of the molecule is CCN(C(=O)COC(=O)c1ccccc1[S@](C)=O)c1ccccc1. The second-order valence-corrected chi connectivity index (χ2v) is 6.35. The lowest BCUT2D eigenvalue weighted by Gasteiger charge is -2.20. The van der Waals surface area contributed by atoms with Crippen molar-refractivity contribution in [1.82, 2.24) is 0 Å². The summed E-state index contributed by atoms with van der Waals surface area (Å²) in [5, 5.41) is 0. The summed E-state index contributed by atoms with van der Waals surface area (Å²) in [6.07, 6.45) is 1.49. The Hall–Kier alpha value is -2.47. The largest absolute Gasteiger partial charge is 0.452 e. The Kier molecular flexibility index (Phi) is 6.26. The van der Waals surface area contributed by atoms with Crippen LogP contribution in [0.15, 0.2) is 59.5 Å². The molecule has 1 amide bonds. The van der Waals surface area contributed by atoms with Crippen LogP contribution < -0.4 is 4.90 Å². The van der Waals surface area contributed by atoms with Crippen molar-refractivity contribution >= 4 is 28.4 Å². The fourth-order valence-corrected chi connectivity index (χ4v) is 3.01. The summed E-state index contributed by atoms with van der Waals surface area (Å²) >= 11 is 0. The second-order valence-electron chi connectivity index (χ2n) is 5.00. The van der Waals surface area contributed by atoms with Gasteiger partial charge in [0.1, 0.15) is 0 Å². The smallest absolute Gasteiger partial charge is 0.339 e. The first-order valence-electron chi connectivity index (χ1n) is 7.49. The van der Waals surface area contributed by atoms with E-state index in [1.807, 2.05) is 37.3 Å². The normalized spacial score (nSPS) is 11.6. The van der Waals surface area contributed by atoms with Crippen LogP contribution >= 0.6 is 0 Å². The van der Waals surface area contributed by atoms with Crippen LogP contribution in [0.25, 0.3) is 0 Å². The van der Waals surface area contributed by atoms with Crippen LogP contribution in [-0.4, -0.2) is 35.5 Å². The average Bonchev–Trinajstić information content (AvgIpc) is 2.61. The molecule has 0 heterocycles. The number of anilines is 1. The highest BCUT2D eigenvalue weighted by atomic mass is 32.2. The number of carbonyl (C=O) groups is 2. The predicted octanol–water partition coefficient (Wildman–Crippen LogP) is 2.63. The third kappa shape index (κ3) is 4.29. The Morgan fingerprint density at radius 1 is 1.04 bits per heavy atom. The number of amides is 1. The molecule has 0 spiro atoms. The van der Waals surface area contributed by atoms with E-state index < -0.39 is 16.8 Å². The van der Waals surface area contributed by atoms with Gasteiger partial charge in [-0.3, -0.25) is 9.00 Å². The van der Waals surface area contributed by atoms with Crippen molar-refractivity contribution in [3.8, 4) is 0 Å². The van der Waals surface area contributed by atoms with Gasteiger partial charge in [0.2, 0.25) is 0 Å². The lowest BCUT2D eigenvalue weighted by Crippen LogP contribution is -2.34. The summed E-state index contributed by atoms with van der Waals surface area (Å²) in [6.45, 7) is 1.95. The van der Waals surface area contributed by atoms with Crippen molar-refractivity contribution in [1.29, 1.82) is 0 Å². The Morgan fingerprint density at radius 3 is 2.29 bits per heavy atom. The topological polar surface area (TPSA) is 63.7 Å². The van der Waals surface area contributed by atoms with Crippen LogP contribution in [0.2, 0.25) is 0 Å². The van der Waals surface area contributed by atoms with Gasteiger partial charge in [0, 0.05) is 18.5 Å². The maximum Gasteiger partial charge on any atom is 0.339 e. The minimum atomic E-state index is -1.31. The molecule has 2 rings (SSSR count). The van der Waals surface area contributed by atoms with Gasteiger partial charge in [-0.15, -0.1) is 0 Å². The summed E-state index contributed by atoms with van der Waals surface area (Å²) in [5.41, 5.74) is 0.963. The van der Waals surface area contributed by atoms with Gasteiger partial charge in [-0.05, 0) is 31.2 Å². The number of ether oxygens (including phenoxy) is 1. The zero-order valence-electron chi connectivity index (χ0n) is 13.6. The Bertz CT molecular complexity index is 746. The lowest BCUT2D eigenvalue weighted by atomic mass is 10.2. The van der Waals surface area contributed by atoms with Gasteiger partial charge >= 0.3 is 5.97 Å². The van der Waals surface area contributed by atoms with Crippen molar-refractivity contribution in [2.75, 3.05) is 24.3 Å². The van der Waals surface area contributed by atoms with Gasteiger partial charge in [-0.25, -0.2) is 4.79 Å². The summed E-state index contributed by atoms with van der Waals surface area (Å²) < 4.78 is 16.8. The van der Waals surface area contributed by atoms with E-state index in [4.69, 9.17) is 4.74 Å². The molecular formula is C18H19NO4S. The zero-order chi connectivity index (χ0) is 17.5. The lowest BCUT2D eigenvalue weighted by molar-refractivity contribution is -0.121. The fraction of sp³-hybridized carbons (Fsp3) is 0.222. The van der Waals surface area contributed by atoms with Crippen molar-refractivity contribution in [2.24, 2.45) is 0 Å². The van der Waals surface area contributed by atoms with Crippen molar-refractivity contribution < 1.29 is 18.5 Å². The average molecular weight is 345 g/mol. The zero-order valence-corrected chi connectivity index (χ0v) is 14.4. The molecule has 0 saturated heterocycles. The van der Waals surface area contributed by atoms with Gasteiger partial charge in [-0.1, -0.05) is 30.3 Å². The van der Waals surface area contributed by atoms with E-state index in [0.717, 1.165) is 5.69 Å². The van der Waals surface area contributed by atoms with Crippen LogP contribution in [0.4, 0.5) is 5.69 Å². The molecule has 0 N–H and O–H groups in total. The number of hydrogen-bond acceptors (Lipinski definition) is 4. The molecule has 0 aromatic heterocycles. The molecule has 5 nitrogen and oxygen atoms in total. The van der Waals surface area contributed by atoms with Gasteiger partial charge in [0.05, 0.1) is 21.3 Å². The Balaban J connectivity index is 2.06. The van der Waals surface area contributed by atoms with E-state index in [0.29, 0.717) is 11.4 Å². The van der Waals surface area contributed by atoms with E-state index in [1.54, 1.807) is 24.3 Å². The number of para-hydroxylation sites is 1. The molecule has 6 heteroatoms. The number of nitrogens with zero attached hydrogens (tertiary/aromatic N) is 1. The number of esters is 1. The monoisotopic (exact) mass is 345 g/mol.